The Morgan fingerprint density at radius 2 is 2.08 bits per heavy atom. The molecule has 2 N–H and O–H groups in total. The van der Waals surface area contributed by atoms with E-state index in [-0.39, 0.29) is 18.2 Å². The summed E-state index contributed by atoms with van der Waals surface area (Å²) in [6.07, 6.45) is 0.314. The molecule has 140 valence electrons. The van der Waals surface area contributed by atoms with E-state index >= 15 is 0 Å². The van der Waals surface area contributed by atoms with Crippen LogP contribution in [-0.4, -0.2) is 50.6 Å². The van der Waals surface area contributed by atoms with Crippen LogP contribution in [0.5, 0.6) is 5.75 Å². The lowest BCUT2D eigenvalue weighted by Crippen LogP contribution is -2.39. The van der Waals surface area contributed by atoms with Gasteiger partial charge in [-0.2, -0.15) is 8.78 Å². The third kappa shape index (κ3) is 8.02. The number of guanidine groups is 1. The number of carbonyl (C=O) groups excluding carboxylic acids is 1. The van der Waals surface area contributed by atoms with Gasteiger partial charge in [0.15, 0.2) is 5.96 Å². The molecule has 0 aliphatic carbocycles. The highest BCUT2D eigenvalue weighted by Crippen LogP contribution is 2.25. The van der Waals surface area contributed by atoms with E-state index in [1.807, 2.05) is 6.92 Å². The number of hydrogen-bond acceptors (Lipinski definition) is 3. The number of amides is 1. The molecule has 0 heterocycles. The van der Waals surface area contributed by atoms with E-state index in [4.69, 9.17) is 11.6 Å². The molecule has 1 rings (SSSR count). The van der Waals surface area contributed by atoms with Crippen molar-refractivity contribution in [1.29, 1.82) is 0 Å². The van der Waals surface area contributed by atoms with Gasteiger partial charge in [0, 0.05) is 44.2 Å². The van der Waals surface area contributed by atoms with Crippen LogP contribution >= 0.6 is 11.6 Å². The fourth-order valence-corrected chi connectivity index (χ4v) is 2.09. The van der Waals surface area contributed by atoms with Crippen LogP contribution in [0.15, 0.2) is 23.2 Å². The molecule has 1 aromatic rings. The van der Waals surface area contributed by atoms with E-state index in [2.05, 4.69) is 20.4 Å². The number of hydrogen-bond donors (Lipinski definition) is 2. The normalized spacial score (nSPS) is 11.4. The molecule has 6 nitrogen and oxygen atoms in total. The Hall–Kier alpha value is -2.09. The lowest BCUT2D eigenvalue weighted by Gasteiger charge is -2.14. The molecule has 25 heavy (non-hydrogen) atoms. The number of alkyl halides is 2. The maximum absolute atomic E-state index is 12.5. The van der Waals surface area contributed by atoms with Gasteiger partial charge in [0.25, 0.3) is 0 Å². The summed E-state index contributed by atoms with van der Waals surface area (Å²) in [4.78, 5) is 17.4. The molecule has 0 radical (unpaired) electrons. The molecule has 0 aliphatic heterocycles. The molecule has 0 spiro atoms. The van der Waals surface area contributed by atoms with Crippen molar-refractivity contribution in [3.8, 4) is 5.75 Å². The number of aliphatic imine (C=N–C) groups is 1. The van der Waals surface area contributed by atoms with Gasteiger partial charge < -0.3 is 20.3 Å². The number of rotatable bonds is 8. The minimum absolute atomic E-state index is 0.00851. The van der Waals surface area contributed by atoms with Gasteiger partial charge in [-0.1, -0.05) is 11.6 Å². The molecule has 0 saturated carbocycles. The molecule has 0 aromatic heterocycles. The van der Waals surface area contributed by atoms with Crippen molar-refractivity contribution in [2.45, 2.75) is 26.5 Å². The maximum atomic E-state index is 12.5. The molecule has 1 amide bonds. The Bertz CT molecular complexity index is 597. The summed E-state index contributed by atoms with van der Waals surface area (Å²) >= 11 is 5.91. The lowest BCUT2D eigenvalue weighted by molar-refractivity contribution is -0.128. The van der Waals surface area contributed by atoms with E-state index in [9.17, 15) is 13.6 Å². The predicted molar refractivity (Wildman–Crippen MR) is 94.2 cm³/mol. The number of carbonyl (C=O) groups is 1. The SMILES string of the molecule is CCNC(=NCc1cc(Cl)ccc1OC(F)F)NCCC(=O)N(C)C. The zero-order valence-corrected chi connectivity index (χ0v) is 15.2. The average Bonchev–Trinajstić information content (AvgIpc) is 2.54. The van der Waals surface area contributed by atoms with Crippen LogP contribution < -0.4 is 15.4 Å². The minimum Gasteiger partial charge on any atom is -0.434 e. The molecular weight excluding hydrogens is 354 g/mol. The van der Waals surface area contributed by atoms with Crippen LogP contribution in [0.2, 0.25) is 5.02 Å². The summed E-state index contributed by atoms with van der Waals surface area (Å²) in [5, 5.41) is 6.45. The Balaban J connectivity index is 2.76. The number of benzene rings is 1. The molecule has 0 unspecified atom stereocenters. The molecular formula is C16H23ClF2N4O2. The van der Waals surface area contributed by atoms with Crippen molar-refractivity contribution < 1.29 is 18.3 Å². The van der Waals surface area contributed by atoms with E-state index in [1.54, 1.807) is 14.1 Å². The number of halogens is 3. The molecule has 9 heteroatoms. The van der Waals surface area contributed by atoms with Crippen molar-refractivity contribution in [2.75, 3.05) is 27.2 Å². The first-order valence-corrected chi connectivity index (χ1v) is 8.16. The summed E-state index contributed by atoms with van der Waals surface area (Å²) in [7, 11) is 3.37. The van der Waals surface area contributed by atoms with Gasteiger partial charge in [0.2, 0.25) is 5.91 Å². The van der Waals surface area contributed by atoms with E-state index < -0.39 is 6.61 Å². The van der Waals surface area contributed by atoms with E-state index in [0.29, 0.717) is 36.1 Å². The first-order chi connectivity index (χ1) is 11.8. The Morgan fingerprint density at radius 3 is 2.68 bits per heavy atom. The topological polar surface area (TPSA) is 66.0 Å². The fourth-order valence-electron chi connectivity index (χ4n) is 1.90. The first-order valence-electron chi connectivity index (χ1n) is 7.79. The monoisotopic (exact) mass is 376 g/mol. The number of nitrogens with zero attached hydrogens (tertiary/aromatic N) is 2. The molecule has 0 fully saturated rings. The molecule has 0 saturated heterocycles. The van der Waals surface area contributed by atoms with Crippen molar-refractivity contribution in [2.24, 2.45) is 4.99 Å². The molecule has 0 atom stereocenters. The zero-order valence-electron chi connectivity index (χ0n) is 14.5. The van der Waals surface area contributed by atoms with Crippen LogP contribution in [0, 0.1) is 0 Å². The van der Waals surface area contributed by atoms with Gasteiger partial charge in [-0.25, -0.2) is 4.99 Å². The van der Waals surface area contributed by atoms with Crippen molar-refractivity contribution in [1.82, 2.24) is 15.5 Å². The third-order valence-corrected chi connectivity index (χ3v) is 3.36. The summed E-state index contributed by atoms with van der Waals surface area (Å²) in [6, 6.07) is 4.39. The second kappa shape index (κ2) is 10.7. The number of ether oxygens (including phenoxy) is 1. The van der Waals surface area contributed by atoms with Crippen LogP contribution in [0.3, 0.4) is 0 Å². The highest BCUT2D eigenvalue weighted by atomic mass is 35.5. The van der Waals surface area contributed by atoms with Crippen molar-refractivity contribution >= 4 is 23.5 Å². The van der Waals surface area contributed by atoms with Crippen molar-refractivity contribution in [3.63, 3.8) is 0 Å². The second-order valence-electron chi connectivity index (χ2n) is 5.29. The van der Waals surface area contributed by atoms with Crippen LogP contribution in [0.25, 0.3) is 0 Å². The van der Waals surface area contributed by atoms with Crippen LogP contribution in [-0.2, 0) is 11.3 Å². The van der Waals surface area contributed by atoms with Gasteiger partial charge in [-0.15, -0.1) is 0 Å². The van der Waals surface area contributed by atoms with Gasteiger partial charge >= 0.3 is 6.61 Å². The van der Waals surface area contributed by atoms with E-state index in [1.165, 1.54) is 23.1 Å². The minimum atomic E-state index is -2.92. The fraction of sp³-hybridized carbons (Fsp3) is 0.500. The Kier molecular flexibility index (Phi) is 8.98. The second-order valence-corrected chi connectivity index (χ2v) is 5.73. The summed E-state index contributed by atoms with van der Waals surface area (Å²) in [5.41, 5.74) is 0.439. The van der Waals surface area contributed by atoms with Gasteiger partial charge in [0.05, 0.1) is 6.54 Å². The number of nitrogens with one attached hydrogen (secondary N) is 2. The lowest BCUT2D eigenvalue weighted by atomic mass is 10.2. The average molecular weight is 377 g/mol. The third-order valence-electron chi connectivity index (χ3n) is 3.12. The van der Waals surface area contributed by atoms with E-state index in [0.717, 1.165) is 0 Å². The largest absolute Gasteiger partial charge is 0.434 e. The summed E-state index contributed by atoms with van der Waals surface area (Å²) < 4.78 is 29.4. The molecule has 1 aromatic carbocycles. The standard InChI is InChI=1S/C16H23ClF2N4O2/c1-4-20-16(21-8-7-14(24)23(2)3)22-10-11-9-12(17)5-6-13(11)25-15(18)19/h5-6,9,15H,4,7-8,10H2,1-3H3,(H2,20,21,22). The Labute approximate surface area is 151 Å². The maximum Gasteiger partial charge on any atom is 0.387 e. The predicted octanol–water partition coefficient (Wildman–Crippen LogP) is 2.47. The van der Waals surface area contributed by atoms with Crippen LogP contribution in [0.4, 0.5) is 8.78 Å². The first kappa shape index (κ1) is 21.0. The summed E-state index contributed by atoms with van der Waals surface area (Å²) in [5.74, 6) is 0.490. The quantitative estimate of drug-likeness (QED) is 0.540. The summed E-state index contributed by atoms with van der Waals surface area (Å²) in [6.45, 7) is 0.0848. The van der Waals surface area contributed by atoms with Gasteiger partial charge in [-0.3, -0.25) is 4.79 Å². The van der Waals surface area contributed by atoms with Gasteiger partial charge in [-0.05, 0) is 25.1 Å². The van der Waals surface area contributed by atoms with Crippen LogP contribution in [0.1, 0.15) is 18.9 Å². The highest BCUT2D eigenvalue weighted by molar-refractivity contribution is 6.30. The van der Waals surface area contributed by atoms with Gasteiger partial charge in [0.1, 0.15) is 5.75 Å². The molecule has 0 bridgehead atoms. The zero-order chi connectivity index (χ0) is 18.8. The smallest absolute Gasteiger partial charge is 0.387 e. The highest BCUT2D eigenvalue weighted by Gasteiger charge is 2.11. The molecule has 0 aliphatic rings. The Morgan fingerprint density at radius 1 is 1.36 bits per heavy atom. The van der Waals surface area contributed by atoms with Crippen molar-refractivity contribution in [3.05, 3.63) is 28.8 Å².